The van der Waals surface area contributed by atoms with Crippen LogP contribution in [-0.2, 0) is 6.42 Å². The van der Waals surface area contributed by atoms with E-state index < -0.39 is 6.09 Å². The highest BCUT2D eigenvalue weighted by molar-refractivity contribution is 5.85. The highest BCUT2D eigenvalue weighted by Gasteiger charge is 2.14. The predicted molar refractivity (Wildman–Crippen MR) is 74.8 cm³/mol. The maximum absolute atomic E-state index is 14.5. The third kappa shape index (κ3) is 2.99. The van der Waals surface area contributed by atoms with Crippen LogP contribution in [-0.4, -0.2) is 24.4 Å². The molecular formula is C15H16FNO3. The van der Waals surface area contributed by atoms with Crippen LogP contribution in [0.25, 0.3) is 10.8 Å². The molecular weight excluding hydrogens is 261 g/mol. The van der Waals surface area contributed by atoms with Gasteiger partial charge in [-0.25, -0.2) is 9.18 Å². The quantitative estimate of drug-likeness (QED) is 0.882. The SMILES string of the molecule is CCOc1cc2ccccc2c(F)c1CCNC(=O)O. The third-order valence-electron chi connectivity index (χ3n) is 3.00. The van der Waals surface area contributed by atoms with Gasteiger partial charge < -0.3 is 15.2 Å². The molecule has 106 valence electrons. The van der Waals surface area contributed by atoms with Crippen molar-refractivity contribution in [3.8, 4) is 5.75 Å². The summed E-state index contributed by atoms with van der Waals surface area (Å²) in [4.78, 5) is 10.5. The fraction of sp³-hybridized carbons (Fsp3) is 0.267. The van der Waals surface area contributed by atoms with E-state index in [9.17, 15) is 9.18 Å². The summed E-state index contributed by atoms with van der Waals surface area (Å²) in [7, 11) is 0. The fourth-order valence-electron chi connectivity index (χ4n) is 2.13. The van der Waals surface area contributed by atoms with Crippen LogP contribution >= 0.6 is 0 Å². The van der Waals surface area contributed by atoms with E-state index in [1.807, 2.05) is 19.1 Å². The smallest absolute Gasteiger partial charge is 0.404 e. The van der Waals surface area contributed by atoms with Crippen molar-refractivity contribution in [2.24, 2.45) is 0 Å². The van der Waals surface area contributed by atoms with Gasteiger partial charge in [-0.15, -0.1) is 0 Å². The molecule has 2 N–H and O–H groups in total. The molecule has 1 amide bonds. The normalized spacial score (nSPS) is 10.5. The fourth-order valence-corrected chi connectivity index (χ4v) is 2.13. The molecule has 2 aromatic carbocycles. The maximum Gasteiger partial charge on any atom is 0.404 e. The molecule has 0 saturated carbocycles. The number of halogens is 1. The Morgan fingerprint density at radius 1 is 1.40 bits per heavy atom. The van der Waals surface area contributed by atoms with Crippen LogP contribution in [0.2, 0.25) is 0 Å². The lowest BCUT2D eigenvalue weighted by molar-refractivity contribution is 0.194. The molecule has 20 heavy (non-hydrogen) atoms. The first-order chi connectivity index (χ1) is 9.63. The van der Waals surface area contributed by atoms with Gasteiger partial charge in [0.25, 0.3) is 0 Å². The van der Waals surface area contributed by atoms with Gasteiger partial charge in [0.15, 0.2) is 0 Å². The summed E-state index contributed by atoms with van der Waals surface area (Å²) in [6.45, 7) is 2.40. The Morgan fingerprint density at radius 2 is 2.15 bits per heavy atom. The van der Waals surface area contributed by atoms with E-state index in [-0.39, 0.29) is 18.8 Å². The largest absolute Gasteiger partial charge is 0.493 e. The van der Waals surface area contributed by atoms with Crippen LogP contribution < -0.4 is 10.1 Å². The van der Waals surface area contributed by atoms with E-state index in [4.69, 9.17) is 9.84 Å². The van der Waals surface area contributed by atoms with Crippen molar-refractivity contribution < 1.29 is 19.0 Å². The molecule has 0 aliphatic rings. The number of benzene rings is 2. The number of rotatable bonds is 5. The Balaban J connectivity index is 2.40. The molecule has 0 spiro atoms. The molecule has 2 aromatic rings. The number of hydrogen-bond donors (Lipinski definition) is 2. The molecule has 0 atom stereocenters. The summed E-state index contributed by atoms with van der Waals surface area (Å²) < 4.78 is 20.0. The maximum atomic E-state index is 14.5. The van der Waals surface area contributed by atoms with Gasteiger partial charge in [0, 0.05) is 17.5 Å². The first kappa shape index (κ1) is 14.1. The molecule has 0 radical (unpaired) electrons. The molecule has 0 saturated heterocycles. The lowest BCUT2D eigenvalue weighted by Crippen LogP contribution is -2.23. The lowest BCUT2D eigenvalue weighted by Gasteiger charge is -2.13. The number of hydrogen-bond acceptors (Lipinski definition) is 2. The zero-order chi connectivity index (χ0) is 14.5. The molecule has 0 bridgehead atoms. The summed E-state index contributed by atoms with van der Waals surface area (Å²) in [6, 6.07) is 8.92. The first-order valence-electron chi connectivity index (χ1n) is 6.43. The van der Waals surface area contributed by atoms with Gasteiger partial charge in [0.1, 0.15) is 11.6 Å². The molecule has 0 heterocycles. The highest BCUT2D eigenvalue weighted by Crippen LogP contribution is 2.30. The Bertz CT molecular complexity index is 628. The van der Waals surface area contributed by atoms with E-state index in [1.165, 1.54) is 0 Å². The Kier molecular flexibility index (Phi) is 4.40. The highest BCUT2D eigenvalue weighted by atomic mass is 19.1. The van der Waals surface area contributed by atoms with Crippen LogP contribution in [0.5, 0.6) is 5.75 Å². The summed E-state index contributed by atoms with van der Waals surface area (Å²) in [6.07, 6.45) is -0.873. The Hall–Kier alpha value is -2.30. The molecule has 0 aliphatic heterocycles. The van der Waals surface area contributed by atoms with Crippen LogP contribution in [0.15, 0.2) is 30.3 Å². The van der Waals surface area contributed by atoms with Crippen molar-refractivity contribution in [3.63, 3.8) is 0 Å². The van der Waals surface area contributed by atoms with Crippen molar-refractivity contribution in [2.45, 2.75) is 13.3 Å². The van der Waals surface area contributed by atoms with Crippen molar-refractivity contribution in [3.05, 3.63) is 41.7 Å². The standard InChI is InChI=1S/C15H16FNO3/c1-2-20-13-9-10-5-3-4-6-11(10)14(16)12(13)7-8-17-15(18)19/h3-6,9,17H,2,7-8H2,1H3,(H,18,19). The number of carbonyl (C=O) groups is 1. The average Bonchev–Trinajstić information content (AvgIpc) is 2.42. The summed E-state index contributed by atoms with van der Waals surface area (Å²) >= 11 is 0. The second kappa shape index (κ2) is 6.23. The average molecular weight is 277 g/mol. The predicted octanol–water partition coefficient (Wildman–Crippen LogP) is 3.19. The van der Waals surface area contributed by atoms with Crippen LogP contribution in [0, 0.1) is 5.82 Å². The van der Waals surface area contributed by atoms with Gasteiger partial charge in [0.2, 0.25) is 0 Å². The second-order valence-electron chi connectivity index (χ2n) is 4.30. The van der Waals surface area contributed by atoms with Gasteiger partial charge in [-0.05, 0) is 24.8 Å². The van der Waals surface area contributed by atoms with E-state index >= 15 is 0 Å². The molecule has 2 rings (SSSR count). The first-order valence-corrected chi connectivity index (χ1v) is 6.43. The van der Waals surface area contributed by atoms with Crippen molar-refractivity contribution in [1.29, 1.82) is 0 Å². The lowest BCUT2D eigenvalue weighted by atomic mass is 10.0. The summed E-state index contributed by atoms with van der Waals surface area (Å²) in [5.41, 5.74) is 0.402. The monoisotopic (exact) mass is 277 g/mol. The number of nitrogens with one attached hydrogen (secondary N) is 1. The number of ether oxygens (including phenoxy) is 1. The zero-order valence-electron chi connectivity index (χ0n) is 11.1. The zero-order valence-corrected chi connectivity index (χ0v) is 11.1. The van der Waals surface area contributed by atoms with Gasteiger partial charge in [-0.1, -0.05) is 24.3 Å². The van der Waals surface area contributed by atoms with Crippen molar-refractivity contribution in [2.75, 3.05) is 13.2 Å². The second-order valence-corrected chi connectivity index (χ2v) is 4.30. The molecule has 4 nitrogen and oxygen atoms in total. The molecule has 0 aromatic heterocycles. The van der Waals surface area contributed by atoms with E-state index in [1.54, 1.807) is 18.2 Å². The van der Waals surface area contributed by atoms with E-state index in [0.29, 0.717) is 23.3 Å². The van der Waals surface area contributed by atoms with Crippen LogP contribution in [0.1, 0.15) is 12.5 Å². The van der Waals surface area contributed by atoms with Crippen LogP contribution in [0.4, 0.5) is 9.18 Å². The van der Waals surface area contributed by atoms with Gasteiger partial charge in [-0.3, -0.25) is 0 Å². The van der Waals surface area contributed by atoms with Gasteiger partial charge in [0.05, 0.1) is 6.61 Å². The minimum absolute atomic E-state index is 0.144. The van der Waals surface area contributed by atoms with Crippen LogP contribution in [0.3, 0.4) is 0 Å². The summed E-state index contributed by atoms with van der Waals surface area (Å²) in [5.74, 6) is 0.120. The minimum atomic E-state index is -1.12. The molecule has 0 aliphatic carbocycles. The molecule has 0 fully saturated rings. The van der Waals surface area contributed by atoms with Crippen molar-refractivity contribution in [1.82, 2.24) is 5.32 Å². The van der Waals surface area contributed by atoms with Gasteiger partial charge >= 0.3 is 6.09 Å². The number of amides is 1. The van der Waals surface area contributed by atoms with E-state index in [2.05, 4.69) is 5.32 Å². The third-order valence-corrected chi connectivity index (χ3v) is 3.00. The Morgan fingerprint density at radius 3 is 2.85 bits per heavy atom. The molecule has 5 heteroatoms. The van der Waals surface area contributed by atoms with Crippen molar-refractivity contribution >= 4 is 16.9 Å². The van der Waals surface area contributed by atoms with E-state index in [0.717, 1.165) is 5.39 Å². The molecule has 0 unspecified atom stereocenters. The van der Waals surface area contributed by atoms with Gasteiger partial charge in [-0.2, -0.15) is 0 Å². The number of fused-ring (bicyclic) bond motifs is 1. The Labute approximate surface area is 116 Å². The summed E-state index contributed by atoms with van der Waals surface area (Å²) in [5, 5.41) is 12.1. The topological polar surface area (TPSA) is 58.6 Å². The number of carboxylic acid groups (broad SMARTS) is 1. The minimum Gasteiger partial charge on any atom is -0.493 e.